The summed E-state index contributed by atoms with van der Waals surface area (Å²) in [6.45, 7) is 2.13. The van der Waals surface area contributed by atoms with Gasteiger partial charge in [0.15, 0.2) is 5.65 Å². The molecule has 0 amide bonds. The Labute approximate surface area is 106 Å². The largest absolute Gasteiger partial charge is 0.352 e. The van der Waals surface area contributed by atoms with Crippen LogP contribution in [-0.2, 0) is 0 Å². The monoisotopic (exact) mass is 253 g/mol. The predicted octanol–water partition coefficient (Wildman–Crippen LogP) is 1.54. The molecule has 1 fully saturated rings. The maximum atomic E-state index is 4.40. The standard InChI is InChI=1S/C11H15N5.ClH/c1-3-8(7-12-5-1)14-11-15-9-4-2-6-13-10(9)16-11;/h2,4,6,8,12H,1,3,5,7H2,(H2,13,14,15,16);1H/t8-;/m1./s1. The molecule has 5 nitrogen and oxygen atoms in total. The summed E-state index contributed by atoms with van der Waals surface area (Å²) in [5.41, 5.74) is 1.75. The highest BCUT2D eigenvalue weighted by atomic mass is 35.5. The van der Waals surface area contributed by atoms with Crippen molar-refractivity contribution in [2.45, 2.75) is 18.9 Å². The van der Waals surface area contributed by atoms with Crippen molar-refractivity contribution < 1.29 is 0 Å². The highest BCUT2D eigenvalue weighted by molar-refractivity contribution is 5.85. The molecule has 1 atom stereocenters. The summed E-state index contributed by atoms with van der Waals surface area (Å²) >= 11 is 0. The van der Waals surface area contributed by atoms with Gasteiger partial charge in [0, 0.05) is 18.8 Å². The number of fused-ring (bicyclic) bond motifs is 1. The molecule has 6 heteroatoms. The Morgan fingerprint density at radius 1 is 1.41 bits per heavy atom. The van der Waals surface area contributed by atoms with Crippen LogP contribution in [0.4, 0.5) is 5.95 Å². The van der Waals surface area contributed by atoms with E-state index in [-0.39, 0.29) is 12.4 Å². The molecule has 0 unspecified atom stereocenters. The van der Waals surface area contributed by atoms with E-state index in [1.165, 1.54) is 12.8 Å². The van der Waals surface area contributed by atoms with Crippen molar-refractivity contribution in [2.24, 2.45) is 0 Å². The van der Waals surface area contributed by atoms with E-state index in [0.29, 0.717) is 6.04 Å². The van der Waals surface area contributed by atoms with Crippen LogP contribution in [0.1, 0.15) is 12.8 Å². The SMILES string of the molecule is Cl.c1cnc2nc(N[C@@H]3CCCNC3)[nH]c2c1. The number of imidazole rings is 1. The quantitative estimate of drug-likeness (QED) is 0.760. The molecule has 1 aliphatic heterocycles. The lowest BCUT2D eigenvalue weighted by atomic mass is 10.1. The number of rotatable bonds is 2. The lowest BCUT2D eigenvalue weighted by Gasteiger charge is -2.23. The molecule has 0 aliphatic carbocycles. The fourth-order valence-corrected chi connectivity index (χ4v) is 2.08. The van der Waals surface area contributed by atoms with Gasteiger partial charge in [-0.2, -0.15) is 4.98 Å². The van der Waals surface area contributed by atoms with E-state index in [4.69, 9.17) is 0 Å². The highest BCUT2D eigenvalue weighted by Crippen LogP contribution is 2.13. The van der Waals surface area contributed by atoms with Gasteiger partial charge >= 0.3 is 0 Å². The molecule has 0 aromatic carbocycles. The fourth-order valence-electron chi connectivity index (χ4n) is 2.08. The Bertz CT molecular complexity index is 444. The van der Waals surface area contributed by atoms with Crippen LogP contribution in [0.25, 0.3) is 11.2 Å². The molecule has 1 aliphatic rings. The Morgan fingerprint density at radius 3 is 3.12 bits per heavy atom. The third kappa shape index (κ3) is 2.68. The zero-order chi connectivity index (χ0) is 10.8. The van der Waals surface area contributed by atoms with Gasteiger partial charge in [-0.3, -0.25) is 0 Å². The van der Waals surface area contributed by atoms with Crippen molar-refractivity contribution in [1.29, 1.82) is 0 Å². The fraction of sp³-hybridized carbons (Fsp3) is 0.455. The average Bonchev–Trinajstić information content (AvgIpc) is 2.72. The summed E-state index contributed by atoms with van der Waals surface area (Å²) in [4.78, 5) is 11.8. The average molecular weight is 254 g/mol. The van der Waals surface area contributed by atoms with E-state index >= 15 is 0 Å². The molecule has 3 N–H and O–H groups in total. The van der Waals surface area contributed by atoms with E-state index in [1.807, 2.05) is 12.1 Å². The van der Waals surface area contributed by atoms with Crippen molar-refractivity contribution in [3.8, 4) is 0 Å². The third-order valence-corrected chi connectivity index (χ3v) is 2.90. The maximum absolute atomic E-state index is 4.40. The normalized spacial score (nSPS) is 19.9. The Balaban J connectivity index is 0.00000108. The van der Waals surface area contributed by atoms with Crippen LogP contribution in [0.3, 0.4) is 0 Å². The first-order valence-corrected chi connectivity index (χ1v) is 5.70. The lowest BCUT2D eigenvalue weighted by molar-refractivity contribution is 0.478. The summed E-state index contributed by atoms with van der Waals surface area (Å²) in [7, 11) is 0. The predicted molar refractivity (Wildman–Crippen MR) is 70.7 cm³/mol. The van der Waals surface area contributed by atoms with Crippen LogP contribution < -0.4 is 10.6 Å². The molecule has 2 aromatic heterocycles. The molecule has 0 radical (unpaired) electrons. The number of piperidine rings is 1. The van der Waals surface area contributed by atoms with E-state index in [9.17, 15) is 0 Å². The number of hydrogen-bond acceptors (Lipinski definition) is 4. The van der Waals surface area contributed by atoms with Crippen LogP contribution in [0.5, 0.6) is 0 Å². The van der Waals surface area contributed by atoms with E-state index in [1.54, 1.807) is 6.20 Å². The van der Waals surface area contributed by atoms with Gasteiger partial charge in [0.25, 0.3) is 0 Å². The summed E-state index contributed by atoms with van der Waals surface area (Å²) in [5.74, 6) is 0.822. The summed E-state index contributed by atoms with van der Waals surface area (Å²) in [6, 6.07) is 4.36. The van der Waals surface area contributed by atoms with Crippen LogP contribution >= 0.6 is 12.4 Å². The topological polar surface area (TPSA) is 65.6 Å². The van der Waals surface area contributed by atoms with E-state index < -0.39 is 0 Å². The molecule has 2 aromatic rings. The van der Waals surface area contributed by atoms with E-state index in [2.05, 4.69) is 25.6 Å². The Morgan fingerprint density at radius 2 is 2.35 bits per heavy atom. The van der Waals surface area contributed by atoms with Crippen LogP contribution in [0.15, 0.2) is 18.3 Å². The van der Waals surface area contributed by atoms with Crippen molar-refractivity contribution in [3.05, 3.63) is 18.3 Å². The number of pyridine rings is 1. The second-order valence-electron chi connectivity index (χ2n) is 4.15. The highest BCUT2D eigenvalue weighted by Gasteiger charge is 2.14. The zero-order valence-corrected chi connectivity index (χ0v) is 10.3. The molecule has 0 spiro atoms. The van der Waals surface area contributed by atoms with Gasteiger partial charge in [-0.25, -0.2) is 4.98 Å². The number of nitrogens with one attached hydrogen (secondary N) is 3. The van der Waals surface area contributed by atoms with Crippen molar-refractivity contribution in [2.75, 3.05) is 18.4 Å². The molecular weight excluding hydrogens is 238 g/mol. The van der Waals surface area contributed by atoms with E-state index in [0.717, 1.165) is 30.2 Å². The molecule has 92 valence electrons. The number of hydrogen-bond donors (Lipinski definition) is 3. The minimum Gasteiger partial charge on any atom is -0.352 e. The lowest BCUT2D eigenvalue weighted by Crippen LogP contribution is -2.38. The minimum absolute atomic E-state index is 0. The maximum Gasteiger partial charge on any atom is 0.202 e. The van der Waals surface area contributed by atoms with Gasteiger partial charge in [0.2, 0.25) is 5.95 Å². The third-order valence-electron chi connectivity index (χ3n) is 2.90. The molecular formula is C11H16ClN5. The Hall–Kier alpha value is -1.33. The van der Waals surface area contributed by atoms with Crippen molar-refractivity contribution in [3.63, 3.8) is 0 Å². The molecule has 3 rings (SSSR count). The van der Waals surface area contributed by atoms with Gasteiger partial charge in [0.05, 0.1) is 5.52 Å². The van der Waals surface area contributed by atoms with Crippen molar-refractivity contribution in [1.82, 2.24) is 20.3 Å². The van der Waals surface area contributed by atoms with Gasteiger partial charge in [0.1, 0.15) is 0 Å². The molecule has 0 saturated carbocycles. The molecule has 17 heavy (non-hydrogen) atoms. The molecule has 3 heterocycles. The molecule has 0 bridgehead atoms. The second-order valence-corrected chi connectivity index (χ2v) is 4.15. The minimum atomic E-state index is 0. The summed E-state index contributed by atoms with van der Waals surface area (Å²) in [5, 5.41) is 6.77. The first-order valence-electron chi connectivity index (χ1n) is 5.70. The van der Waals surface area contributed by atoms with Gasteiger partial charge < -0.3 is 15.6 Å². The number of aromatic nitrogens is 3. The number of halogens is 1. The smallest absolute Gasteiger partial charge is 0.202 e. The molecule has 1 saturated heterocycles. The van der Waals surface area contributed by atoms with Gasteiger partial charge in [-0.05, 0) is 31.5 Å². The van der Waals surface area contributed by atoms with Gasteiger partial charge in [-0.15, -0.1) is 12.4 Å². The van der Waals surface area contributed by atoms with Crippen molar-refractivity contribution >= 4 is 29.5 Å². The van der Waals surface area contributed by atoms with Gasteiger partial charge in [-0.1, -0.05) is 0 Å². The zero-order valence-electron chi connectivity index (χ0n) is 9.44. The number of H-pyrrole nitrogens is 1. The van der Waals surface area contributed by atoms with Crippen LogP contribution in [-0.4, -0.2) is 34.1 Å². The number of aromatic amines is 1. The Kier molecular flexibility index (Phi) is 3.81. The first kappa shape index (κ1) is 12.1. The number of nitrogens with zero attached hydrogens (tertiary/aromatic N) is 2. The van der Waals surface area contributed by atoms with Crippen LogP contribution in [0.2, 0.25) is 0 Å². The summed E-state index contributed by atoms with van der Waals surface area (Å²) < 4.78 is 0. The summed E-state index contributed by atoms with van der Waals surface area (Å²) in [6.07, 6.45) is 4.17. The van der Waals surface area contributed by atoms with Crippen LogP contribution in [0, 0.1) is 0 Å². The second kappa shape index (κ2) is 5.33. The number of anilines is 1. The first-order chi connectivity index (χ1) is 7.92.